The van der Waals surface area contributed by atoms with Crippen LogP contribution in [0, 0.1) is 11.8 Å². The molecule has 0 aliphatic rings. The van der Waals surface area contributed by atoms with Crippen LogP contribution in [0.5, 0.6) is 0 Å². The lowest BCUT2D eigenvalue weighted by molar-refractivity contribution is 0.425. The van der Waals surface area contributed by atoms with Gasteiger partial charge < -0.3 is 9.73 Å². The van der Waals surface area contributed by atoms with Crippen LogP contribution in [0.2, 0.25) is 0 Å². The second kappa shape index (κ2) is 6.33. The number of hydrogen-bond acceptors (Lipinski definition) is 2. The Morgan fingerprint density at radius 2 is 2.07 bits per heavy atom. The van der Waals surface area contributed by atoms with Crippen molar-refractivity contribution in [1.82, 2.24) is 5.32 Å². The van der Waals surface area contributed by atoms with E-state index < -0.39 is 0 Å². The first-order valence-electron chi connectivity index (χ1n) is 5.52. The van der Waals surface area contributed by atoms with E-state index in [1.165, 1.54) is 0 Å². The molecule has 0 saturated heterocycles. The Bertz CT molecular complexity index is 283. The van der Waals surface area contributed by atoms with Crippen molar-refractivity contribution in [3.05, 3.63) is 22.6 Å². The van der Waals surface area contributed by atoms with Crippen molar-refractivity contribution in [1.29, 1.82) is 0 Å². The molecule has 86 valence electrons. The molecule has 1 aromatic heterocycles. The second-order valence-electron chi connectivity index (χ2n) is 4.55. The number of halogens is 1. The minimum absolute atomic E-state index is 0.603. The average Bonchev–Trinajstić information content (AvgIpc) is 2.51. The van der Waals surface area contributed by atoms with E-state index >= 15 is 0 Å². The van der Waals surface area contributed by atoms with E-state index in [0.29, 0.717) is 11.8 Å². The summed E-state index contributed by atoms with van der Waals surface area (Å²) in [6.07, 6.45) is 2.71. The summed E-state index contributed by atoms with van der Waals surface area (Å²) in [5.74, 6) is 2.37. The van der Waals surface area contributed by atoms with Gasteiger partial charge in [-0.25, -0.2) is 0 Å². The molecule has 0 radical (unpaired) electrons. The second-order valence-corrected chi connectivity index (χ2v) is 5.41. The van der Waals surface area contributed by atoms with Gasteiger partial charge >= 0.3 is 0 Å². The number of furan rings is 1. The van der Waals surface area contributed by atoms with Crippen LogP contribution in [0.15, 0.2) is 21.2 Å². The standard InChI is InChI=1S/C12H20BrNO/c1-9(2)7-14-8-10(3)6-12-11(13)4-5-15-12/h4-5,9-10,14H,6-8H2,1-3H3. The largest absolute Gasteiger partial charge is 0.468 e. The summed E-state index contributed by atoms with van der Waals surface area (Å²) in [6.45, 7) is 8.82. The Labute approximate surface area is 101 Å². The van der Waals surface area contributed by atoms with Crippen molar-refractivity contribution in [3.8, 4) is 0 Å². The highest BCUT2D eigenvalue weighted by molar-refractivity contribution is 9.10. The third kappa shape index (κ3) is 4.85. The van der Waals surface area contributed by atoms with Gasteiger partial charge in [0.05, 0.1) is 10.7 Å². The first-order valence-corrected chi connectivity index (χ1v) is 6.31. The molecule has 15 heavy (non-hydrogen) atoms. The first-order chi connectivity index (χ1) is 7.09. The van der Waals surface area contributed by atoms with Crippen molar-refractivity contribution in [2.24, 2.45) is 11.8 Å². The number of rotatable bonds is 6. The molecule has 0 spiro atoms. The van der Waals surface area contributed by atoms with Crippen molar-refractivity contribution >= 4 is 15.9 Å². The summed E-state index contributed by atoms with van der Waals surface area (Å²) in [6, 6.07) is 1.95. The Kier molecular flexibility index (Phi) is 5.40. The smallest absolute Gasteiger partial charge is 0.118 e. The number of nitrogens with one attached hydrogen (secondary N) is 1. The van der Waals surface area contributed by atoms with Crippen LogP contribution in [0.4, 0.5) is 0 Å². The van der Waals surface area contributed by atoms with Crippen LogP contribution in [0.25, 0.3) is 0 Å². The van der Waals surface area contributed by atoms with E-state index in [2.05, 4.69) is 42.0 Å². The summed E-state index contributed by atoms with van der Waals surface area (Å²) >= 11 is 3.47. The average molecular weight is 274 g/mol. The fourth-order valence-electron chi connectivity index (χ4n) is 1.48. The van der Waals surface area contributed by atoms with E-state index in [9.17, 15) is 0 Å². The highest BCUT2D eigenvalue weighted by Crippen LogP contribution is 2.20. The van der Waals surface area contributed by atoms with Crippen molar-refractivity contribution in [3.63, 3.8) is 0 Å². The maximum absolute atomic E-state index is 5.39. The van der Waals surface area contributed by atoms with Gasteiger partial charge in [-0.05, 0) is 46.9 Å². The lowest BCUT2D eigenvalue weighted by atomic mass is 10.1. The van der Waals surface area contributed by atoms with Crippen LogP contribution in [0.1, 0.15) is 26.5 Å². The molecule has 1 heterocycles. The van der Waals surface area contributed by atoms with Crippen LogP contribution in [-0.4, -0.2) is 13.1 Å². The van der Waals surface area contributed by atoms with Gasteiger partial charge in [-0.1, -0.05) is 20.8 Å². The Morgan fingerprint density at radius 3 is 2.60 bits per heavy atom. The topological polar surface area (TPSA) is 25.2 Å². The lowest BCUT2D eigenvalue weighted by Crippen LogP contribution is -2.26. The molecule has 0 bridgehead atoms. The molecule has 0 fully saturated rings. The molecule has 2 nitrogen and oxygen atoms in total. The zero-order chi connectivity index (χ0) is 11.3. The molecule has 0 aliphatic carbocycles. The van der Waals surface area contributed by atoms with Crippen LogP contribution >= 0.6 is 15.9 Å². The van der Waals surface area contributed by atoms with E-state index in [1.807, 2.05) is 6.07 Å². The lowest BCUT2D eigenvalue weighted by Gasteiger charge is -2.12. The molecular weight excluding hydrogens is 254 g/mol. The van der Waals surface area contributed by atoms with Crippen molar-refractivity contribution in [2.75, 3.05) is 13.1 Å². The van der Waals surface area contributed by atoms with Gasteiger partial charge in [0.25, 0.3) is 0 Å². The molecule has 3 heteroatoms. The normalized spacial score (nSPS) is 13.4. The van der Waals surface area contributed by atoms with E-state index in [0.717, 1.165) is 29.7 Å². The minimum atomic E-state index is 0.603. The fourth-order valence-corrected chi connectivity index (χ4v) is 1.84. The molecule has 0 aromatic carbocycles. The SMILES string of the molecule is CC(C)CNCC(C)Cc1occc1Br. The first kappa shape index (κ1) is 12.8. The Balaban J connectivity index is 2.24. The zero-order valence-electron chi connectivity index (χ0n) is 9.72. The number of hydrogen-bond donors (Lipinski definition) is 1. The molecule has 1 rings (SSSR count). The summed E-state index contributed by atoms with van der Waals surface area (Å²) in [5.41, 5.74) is 0. The van der Waals surface area contributed by atoms with Crippen LogP contribution in [0.3, 0.4) is 0 Å². The van der Waals surface area contributed by atoms with Crippen LogP contribution in [-0.2, 0) is 6.42 Å². The molecule has 0 amide bonds. The summed E-state index contributed by atoms with van der Waals surface area (Å²) < 4.78 is 6.47. The van der Waals surface area contributed by atoms with Gasteiger partial charge in [-0.3, -0.25) is 0 Å². The molecular formula is C12H20BrNO. The zero-order valence-corrected chi connectivity index (χ0v) is 11.3. The maximum Gasteiger partial charge on any atom is 0.118 e. The molecule has 0 aliphatic heterocycles. The molecule has 1 N–H and O–H groups in total. The highest BCUT2D eigenvalue weighted by Gasteiger charge is 2.09. The Morgan fingerprint density at radius 1 is 1.33 bits per heavy atom. The maximum atomic E-state index is 5.39. The predicted molar refractivity (Wildman–Crippen MR) is 67.0 cm³/mol. The van der Waals surface area contributed by atoms with E-state index in [-0.39, 0.29) is 0 Å². The third-order valence-corrected chi connectivity index (χ3v) is 2.98. The van der Waals surface area contributed by atoms with Crippen molar-refractivity contribution < 1.29 is 4.42 Å². The molecule has 1 atom stereocenters. The van der Waals surface area contributed by atoms with Gasteiger partial charge in [0.1, 0.15) is 5.76 Å². The molecule has 1 aromatic rings. The van der Waals surface area contributed by atoms with E-state index in [4.69, 9.17) is 4.42 Å². The van der Waals surface area contributed by atoms with Crippen LogP contribution < -0.4 is 5.32 Å². The third-order valence-electron chi connectivity index (χ3n) is 2.27. The van der Waals surface area contributed by atoms with Gasteiger partial charge in [0, 0.05) is 6.42 Å². The monoisotopic (exact) mass is 273 g/mol. The summed E-state index contributed by atoms with van der Waals surface area (Å²) in [5, 5.41) is 3.46. The van der Waals surface area contributed by atoms with Gasteiger partial charge in [0.2, 0.25) is 0 Å². The highest BCUT2D eigenvalue weighted by atomic mass is 79.9. The van der Waals surface area contributed by atoms with Crippen molar-refractivity contribution in [2.45, 2.75) is 27.2 Å². The van der Waals surface area contributed by atoms with Gasteiger partial charge in [-0.15, -0.1) is 0 Å². The minimum Gasteiger partial charge on any atom is -0.468 e. The van der Waals surface area contributed by atoms with Gasteiger partial charge in [0.15, 0.2) is 0 Å². The van der Waals surface area contributed by atoms with E-state index in [1.54, 1.807) is 6.26 Å². The summed E-state index contributed by atoms with van der Waals surface area (Å²) in [4.78, 5) is 0. The summed E-state index contributed by atoms with van der Waals surface area (Å²) in [7, 11) is 0. The predicted octanol–water partition coefficient (Wildman–Crippen LogP) is 3.47. The molecule has 1 unspecified atom stereocenters. The molecule has 0 saturated carbocycles. The fraction of sp³-hybridized carbons (Fsp3) is 0.667. The quantitative estimate of drug-likeness (QED) is 0.859. The Hall–Kier alpha value is -0.280. The van der Waals surface area contributed by atoms with Gasteiger partial charge in [-0.2, -0.15) is 0 Å².